The van der Waals surface area contributed by atoms with E-state index in [9.17, 15) is 14.9 Å². The smallest absolute Gasteiger partial charge is 0.433 e. The molecule has 0 aliphatic carbocycles. The second-order valence-electron chi connectivity index (χ2n) is 3.74. The Labute approximate surface area is 104 Å². The summed E-state index contributed by atoms with van der Waals surface area (Å²) in [5.74, 6) is -0.655. The SMILES string of the molecule is CN(C)CCOC(=O)C=Cc1ccc([N+](=O)[O-])o1. The van der Waals surface area contributed by atoms with Crippen LogP contribution in [0.25, 0.3) is 6.08 Å². The highest BCUT2D eigenvalue weighted by Gasteiger charge is 2.10. The molecule has 7 nitrogen and oxygen atoms in total. The van der Waals surface area contributed by atoms with Gasteiger partial charge in [-0.15, -0.1) is 0 Å². The molecule has 0 saturated heterocycles. The van der Waals surface area contributed by atoms with Crippen molar-refractivity contribution in [1.82, 2.24) is 4.90 Å². The highest BCUT2D eigenvalue weighted by molar-refractivity contribution is 5.86. The molecule has 0 aliphatic heterocycles. The van der Waals surface area contributed by atoms with Crippen LogP contribution in [0.5, 0.6) is 0 Å². The number of hydrogen-bond donors (Lipinski definition) is 0. The zero-order valence-electron chi connectivity index (χ0n) is 10.2. The van der Waals surface area contributed by atoms with Gasteiger partial charge in [0.25, 0.3) is 0 Å². The van der Waals surface area contributed by atoms with Crippen LogP contribution in [0, 0.1) is 10.1 Å². The van der Waals surface area contributed by atoms with Gasteiger partial charge in [0.1, 0.15) is 17.3 Å². The number of furan rings is 1. The van der Waals surface area contributed by atoms with E-state index in [0.717, 1.165) is 6.08 Å². The molecule has 0 fully saturated rings. The Bertz CT molecular complexity index is 450. The van der Waals surface area contributed by atoms with Crippen molar-refractivity contribution >= 4 is 17.9 Å². The third-order valence-electron chi connectivity index (χ3n) is 1.96. The van der Waals surface area contributed by atoms with Crippen molar-refractivity contribution in [3.63, 3.8) is 0 Å². The summed E-state index contributed by atoms with van der Waals surface area (Å²) in [5, 5.41) is 10.3. The maximum absolute atomic E-state index is 11.2. The summed E-state index contributed by atoms with van der Waals surface area (Å²) in [7, 11) is 3.73. The van der Waals surface area contributed by atoms with Crippen molar-refractivity contribution in [1.29, 1.82) is 0 Å². The first-order chi connectivity index (χ1) is 8.49. The second-order valence-corrected chi connectivity index (χ2v) is 3.74. The highest BCUT2D eigenvalue weighted by atomic mass is 16.6. The van der Waals surface area contributed by atoms with Gasteiger partial charge in [0.15, 0.2) is 0 Å². The molecule has 18 heavy (non-hydrogen) atoms. The maximum Gasteiger partial charge on any atom is 0.433 e. The summed E-state index contributed by atoms with van der Waals surface area (Å²) in [6, 6.07) is 2.62. The van der Waals surface area contributed by atoms with Gasteiger partial charge in [0.05, 0.1) is 6.07 Å². The van der Waals surface area contributed by atoms with Gasteiger partial charge in [-0.1, -0.05) is 0 Å². The number of rotatable bonds is 6. The van der Waals surface area contributed by atoms with Crippen LogP contribution in [0.1, 0.15) is 5.76 Å². The fourth-order valence-corrected chi connectivity index (χ4v) is 1.06. The predicted molar refractivity (Wildman–Crippen MR) is 63.9 cm³/mol. The molecule has 1 aromatic heterocycles. The van der Waals surface area contributed by atoms with Crippen molar-refractivity contribution in [3.05, 3.63) is 34.1 Å². The molecule has 0 radical (unpaired) electrons. The van der Waals surface area contributed by atoms with E-state index in [1.165, 1.54) is 18.2 Å². The number of likely N-dealkylation sites (N-methyl/N-ethyl adjacent to an activating group) is 1. The van der Waals surface area contributed by atoms with E-state index in [-0.39, 0.29) is 18.3 Å². The molecular weight excluding hydrogens is 240 g/mol. The number of carbonyl (C=O) groups is 1. The molecule has 1 heterocycles. The molecule has 0 N–H and O–H groups in total. The van der Waals surface area contributed by atoms with Crippen LogP contribution in [0.3, 0.4) is 0 Å². The Morgan fingerprint density at radius 3 is 2.83 bits per heavy atom. The maximum atomic E-state index is 11.2. The van der Waals surface area contributed by atoms with Gasteiger partial charge in [-0.3, -0.25) is 10.1 Å². The molecule has 1 rings (SSSR count). The average Bonchev–Trinajstić information content (AvgIpc) is 2.74. The van der Waals surface area contributed by atoms with Crippen molar-refractivity contribution in [2.45, 2.75) is 0 Å². The number of nitrogens with zero attached hydrogens (tertiary/aromatic N) is 2. The minimum absolute atomic E-state index is 0.228. The molecule has 0 bridgehead atoms. The van der Waals surface area contributed by atoms with Crippen LogP contribution in [-0.4, -0.2) is 43.0 Å². The van der Waals surface area contributed by atoms with Crippen molar-refractivity contribution in [3.8, 4) is 0 Å². The largest absolute Gasteiger partial charge is 0.461 e. The van der Waals surface area contributed by atoms with Crippen LogP contribution in [0.2, 0.25) is 0 Å². The van der Waals surface area contributed by atoms with Crippen LogP contribution in [0.4, 0.5) is 5.88 Å². The Morgan fingerprint density at radius 1 is 1.56 bits per heavy atom. The summed E-state index contributed by atoms with van der Waals surface area (Å²) in [5.41, 5.74) is 0. The minimum Gasteiger partial charge on any atom is -0.461 e. The molecule has 0 aliphatic rings. The van der Waals surface area contributed by atoms with Crippen molar-refractivity contribution in [2.75, 3.05) is 27.2 Å². The average molecular weight is 254 g/mol. The second kappa shape index (κ2) is 6.55. The van der Waals surface area contributed by atoms with E-state index >= 15 is 0 Å². The summed E-state index contributed by atoms with van der Waals surface area (Å²) in [6.07, 6.45) is 2.49. The number of esters is 1. The standard InChI is InChI=1S/C11H14N2O5/c1-12(2)7-8-17-11(14)6-4-9-3-5-10(18-9)13(15)16/h3-6H,7-8H2,1-2H3. The first kappa shape index (κ1) is 13.9. The van der Waals surface area contributed by atoms with Gasteiger partial charge in [0.2, 0.25) is 0 Å². The molecule has 0 amide bonds. The number of ether oxygens (including phenoxy) is 1. The molecule has 98 valence electrons. The normalized spacial score (nSPS) is 11.1. The molecule has 0 aromatic carbocycles. The fraction of sp³-hybridized carbons (Fsp3) is 0.364. The van der Waals surface area contributed by atoms with Gasteiger partial charge < -0.3 is 14.1 Å². The fourth-order valence-electron chi connectivity index (χ4n) is 1.06. The Kier molecular flexibility index (Phi) is 5.06. The zero-order valence-corrected chi connectivity index (χ0v) is 10.2. The van der Waals surface area contributed by atoms with E-state index in [1.54, 1.807) is 0 Å². The quantitative estimate of drug-likeness (QED) is 0.329. The van der Waals surface area contributed by atoms with Crippen molar-refractivity contribution in [2.24, 2.45) is 0 Å². The summed E-state index contributed by atoms with van der Waals surface area (Å²) in [4.78, 5) is 22.8. The first-order valence-corrected chi connectivity index (χ1v) is 5.23. The van der Waals surface area contributed by atoms with E-state index < -0.39 is 10.9 Å². The van der Waals surface area contributed by atoms with Gasteiger partial charge in [-0.25, -0.2) is 4.79 Å². The lowest BCUT2D eigenvalue weighted by atomic mass is 10.4. The Morgan fingerprint density at radius 2 is 2.28 bits per heavy atom. The summed E-state index contributed by atoms with van der Waals surface area (Å²) in [6.45, 7) is 0.917. The topological polar surface area (TPSA) is 85.8 Å². The van der Waals surface area contributed by atoms with Gasteiger partial charge >= 0.3 is 11.9 Å². The van der Waals surface area contributed by atoms with E-state index in [0.29, 0.717) is 6.54 Å². The lowest BCUT2D eigenvalue weighted by Gasteiger charge is -2.08. The third kappa shape index (κ3) is 4.79. The molecular formula is C11H14N2O5. The zero-order chi connectivity index (χ0) is 13.5. The highest BCUT2D eigenvalue weighted by Crippen LogP contribution is 2.16. The Balaban J connectivity index is 2.42. The van der Waals surface area contributed by atoms with E-state index in [1.807, 2.05) is 19.0 Å². The molecule has 7 heteroatoms. The molecule has 0 unspecified atom stereocenters. The van der Waals surface area contributed by atoms with Crippen LogP contribution in [0.15, 0.2) is 22.6 Å². The molecule has 0 atom stereocenters. The van der Waals surface area contributed by atoms with E-state index in [2.05, 4.69) is 0 Å². The van der Waals surface area contributed by atoms with Crippen molar-refractivity contribution < 1.29 is 18.9 Å². The minimum atomic E-state index is -0.646. The van der Waals surface area contributed by atoms with Gasteiger partial charge in [0, 0.05) is 12.6 Å². The number of hydrogen-bond acceptors (Lipinski definition) is 6. The molecule has 0 saturated carbocycles. The third-order valence-corrected chi connectivity index (χ3v) is 1.96. The lowest BCUT2D eigenvalue weighted by Crippen LogP contribution is -2.19. The predicted octanol–water partition coefficient (Wildman–Crippen LogP) is 1.31. The van der Waals surface area contributed by atoms with Gasteiger partial charge in [-0.05, 0) is 26.2 Å². The molecule has 1 aromatic rings. The van der Waals surface area contributed by atoms with Crippen LogP contribution in [-0.2, 0) is 9.53 Å². The number of nitro groups is 1. The summed E-state index contributed by atoms with van der Waals surface area (Å²) < 4.78 is 9.72. The Hall–Kier alpha value is -2.15. The van der Waals surface area contributed by atoms with E-state index in [4.69, 9.17) is 9.15 Å². The van der Waals surface area contributed by atoms with Crippen LogP contribution < -0.4 is 0 Å². The van der Waals surface area contributed by atoms with Gasteiger partial charge in [-0.2, -0.15) is 0 Å². The molecule has 0 spiro atoms. The summed E-state index contributed by atoms with van der Waals surface area (Å²) >= 11 is 0. The first-order valence-electron chi connectivity index (χ1n) is 5.23. The number of carbonyl (C=O) groups excluding carboxylic acids is 1. The van der Waals surface area contributed by atoms with Crippen LogP contribution >= 0.6 is 0 Å². The monoisotopic (exact) mass is 254 g/mol. The lowest BCUT2D eigenvalue weighted by molar-refractivity contribution is -0.402.